The van der Waals surface area contributed by atoms with Gasteiger partial charge in [0.1, 0.15) is 11.6 Å². The summed E-state index contributed by atoms with van der Waals surface area (Å²) in [5, 5.41) is 9.78. The molecule has 0 saturated heterocycles. The van der Waals surface area contributed by atoms with Gasteiger partial charge >= 0.3 is 0 Å². The average Bonchev–Trinajstić information content (AvgIpc) is 2.74. The van der Waals surface area contributed by atoms with Crippen LogP contribution in [-0.2, 0) is 6.42 Å². The second kappa shape index (κ2) is 4.46. The number of phenolic OH excluding ortho intramolecular Hbond substituents is 1. The maximum absolute atomic E-state index is 9.78. The van der Waals surface area contributed by atoms with Gasteiger partial charge < -0.3 is 9.51 Å². The van der Waals surface area contributed by atoms with E-state index in [0.717, 1.165) is 21.4 Å². The SMILES string of the molecule is Oc1ccccc1Cc1ncc2cc(Br)ccn12. The number of imidazole rings is 1. The van der Waals surface area contributed by atoms with E-state index < -0.39 is 0 Å². The molecule has 0 aliphatic heterocycles. The fourth-order valence-electron chi connectivity index (χ4n) is 1.99. The van der Waals surface area contributed by atoms with E-state index in [2.05, 4.69) is 20.9 Å². The number of benzene rings is 1. The maximum atomic E-state index is 9.78. The van der Waals surface area contributed by atoms with Crippen molar-refractivity contribution < 1.29 is 5.11 Å². The van der Waals surface area contributed by atoms with Crippen LogP contribution in [0.2, 0.25) is 0 Å². The first kappa shape index (κ1) is 11.3. The molecule has 1 N–H and O–H groups in total. The smallest absolute Gasteiger partial charge is 0.119 e. The summed E-state index contributed by atoms with van der Waals surface area (Å²) in [6.07, 6.45) is 4.42. The molecule has 3 aromatic rings. The van der Waals surface area contributed by atoms with E-state index in [9.17, 15) is 5.11 Å². The molecule has 0 saturated carbocycles. The third-order valence-corrected chi connectivity index (χ3v) is 3.40. The Morgan fingerprint density at radius 1 is 1.22 bits per heavy atom. The number of fused-ring (bicyclic) bond motifs is 1. The van der Waals surface area contributed by atoms with Crippen LogP contribution in [0.25, 0.3) is 5.52 Å². The molecule has 2 heterocycles. The number of hydrogen-bond acceptors (Lipinski definition) is 2. The zero-order chi connectivity index (χ0) is 12.5. The van der Waals surface area contributed by atoms with Crippen LogP contribution < -0.4 is 0 Å². The molecule has 0 aliphatic carbocycles. The van der Waals surface area contributed by atoms with Gasteiger partial charge in [0.15, 0.2) is 0 Å². The largest absolute Gasteiger partial charge is 0.508 e. The van der Waals surface area contributed by atoms with Crippen LogP contribution in [0.4, 0.5) is 0 Å². The van der Waals surface area contributed by atoms with Gasteiger partial charge in [-0.2, -0.15) is 0 Å². The van der Waals surface area contributed by atoms with Crippen molar-refractivity contribution in [2.75, 3.05) is 0 Å². The highest BCUT2D eigenvalue weighted by Crippen LogP contribution is 2.21. The zero-order valence-electron chi connectivity index (χ0n) is 9.55. The van der Waals surface area contributed by atoms with Crippen LogP contribution in [0.3, 0.4) is 0 Å². The number of phenols is 1. The van der Waals surface area contributed by atoms with Gasteiger partial charge in [-0.25, -0.2) is 4.98 Å². The predicted molar refractivity (Wildman–Crippen MR) is 73.8 cm³/mol. The van der Waals surface area contributed by atoms with Crippen LogP contribution in [0.1, 0.15) is 11.4 Å². The predicted octanol–water partition coefficient (Wildman–Crippen LogP) is 3.39. The molecule has 3 nitrogen and oxygen atoms in total. The molecule has 0 fully saturated rings. The molecule has 4 heteroatoms. The molecular formula is C14H11BrN2O. The monoisotopic (exact) mass is 302 g/mol. The molecule has 0 spiro atoms. The Bertz CT molecular complexity index is 706. The third kappa shape index (κ3) is 1.99. The Morgan fingerprint density at radius 3 is 2.89 bits per heavy atom. The van der Waals surface area contributed by atoms with E-state index in [-0.39, 0.29) is 0 Å². The summed E-state index contributed by atoms with van der Waals surface area (Å²) in [4.78, 5) is 4.40. The summed E-state index contributed by atoms with van der Waals surface area (Å²) >= 11 is 3.44. The first-order valence-electron chi connectivity index (χ1n) is 5.62. The number of pyridine rings is 1. The summed E-state index contributed by atoms with van der Waals surface area (Å²) in [6, 6.07) is 11.3. The van der Waals surface area contributed by atoms with E-state index in [1.54, 1.807) is 6.07 Å². The number of para-hydroxylation sites is 1. The summed E-state index contributed by atoms with van der Waals surface area (Å²) in [5.74, 6) is 1.23. The van der Waals surface area contributed by atoms with E-state index in [4.69, 9.17) is 0 Å². The molecule has 0 unspecified atom stereocenters. The quantitative estimate of drug-likeness (QED) is 0.788. The second-order valence-electron chi connectivity index (χ2n) is 4.12. The molecule has 18 heavy (non-hydrogen) atoms. The highest BCUT2D eigenvalue weighted by atomic mass is 79.9. The number of hydrogen-bond donors (Lipinski definition) is 1. The molecule has 3 rings (SSSR count). The van der Waals surface area contributed by atoms with Crippen molar-refractivity contribution >= 4 is 21.4 Å². The first-order chi connectivity index (χ1) is 8.74. The topological polar surface area (TPSA) is 37.5 Å². The number of aromatic hydroxyl groups is 1. The van der Waals surface area contributed by atoms with Crippen molar-refractivity contribution in [3.8, 4) is 5.75 Å². The number of aromatic nitrogens is 2. The lowest BCUT2D eigenvalue weighted by Crippen LogP contribution is -1.96. The van der Waals surface area contributed by atoms with Gasteiger partial charge in [0.05, 0.1) is 11.7 Å². The summed E-state index contributed by atoms with van der Waals surface area (Å²) < 4.78 is 3.06. The average molecular weight is 303 g/mol. The van der Waals surface area contributed by atoms with Crippen molar-refractivity contribution in [3.63, 3.8) is 0 Å². The van der Waals surface area contributed by atoms with Crippen molar-refractivity contribution in [2.45, 2.75) is 6.42 Å². The molecule has 0 atom stereocenters. The van der Waals surface area contributed by atoms with Gasteiger partial charge in [-0.15, -0.1) is 0 Å². The third-order valence-electron chi connectivity index (χ3n) is 2.91. The lowest BCUT2D eigenvalue weighted by Gasteiger charge is -2.04. The molecular weight excluding hydrogens is 292 g/mol. The van der Waals surface area contributed by atoms with Gasteiger partial charge in [0, 0.05) is 22.7 Å². The van der Waals surface area contributed by atoms with Crippen molar-refractivity contribution in [2.24, 2.45) is 0 Å². The molecule has 0 aliphatic rings. The minimum absolute atomic E-state index is 0.311. The van der Waals surface area contributed by atoms with Crippen molar-refractivity contribution in [1.29, 1.82) is 0 Å². The van der Waals surface area contributed by atoms with Gasteiger partial charge in [-0.1, -0.05) is 34.1 Å². The minimum atomic E-state index is 0.311. The Hall–Kier alpha value is -1.81. The van der Waals surface area contributed by atoms with Crippen LogP contribution in [0.15, 0.2) is 53.3 Å². The van der Waals surface area contributed by atoms with Gasteiger partial charge in [-0.3, -0.25) is 0 Å². The Morgan fingerprint density at radius 2 is 2.06 bits per heavy atom. The second-order valence-corrected chi connectivity index (χ2v) is 5.04. The maximum Gasteiger partial charge on any atom is 0.119 e. The number of nitrogens with zero attached hydrogens (tertiary/aromatic N) is 2. The van der Waals surface area contributed by atoms with E-state index >= 15 is 0 Å². The molecule has 1 aromatic carbocycles. The normalized spacial score (nSPS) is 10.9. The Labute approximate surface area is 113 Å². The summed E-state index contributed by atoms with van der Waals surface area (Å²) in [6.45, 7) is 0. The van der Waals surface area contributed by atoms with Crippen LogP contribution in [0, 0.1) is 0 Å². The Kier molecular flexibility index (Phi) is 2.80. The van der Waals surface area contributed by atoms with E-state index in [1.807, 2.05) is 47.1 Å². The van der Waals surface area contributed by atoms with Gasteiger partial charge in [0.2, 0.25) is 0 Å². The fourth-order valence-corrected chi connectivity index (χ4v) is 2.34. The highest BCUT2D eigenvalue weighted by Gasteiger charge is 2.07. The molecule has 90 valence electrons. The number of rotatable bonds is 2. The lowest BCUT2D eigenvalue weighted by atomic mass is 10.1. The standard InChI is InChI=1S/C14H11BrN2O/c15-11-5-6-17-12(8-11)9-16-14(17)7-10-3-1-2-4-13(10)18/h1-6,8-9,18H,7H2. The van der Waals surface area contributed by atoms with E-state index in [0.29, 0.717) is 12.2 Å². The zero-order valence-corrected chi connectivity index (χ0v) is 11.1. The highest BCUT2D eigenvalue weighted by molar-refractivity contribution is 9.10. The minimum Gasteiger partial charge on any atom is -0.508 e. The van der Waals surface area contributed by atoms with Crippen LogP contribution >= 0.6 is 15.9 Å². The van der Waals surface area contributed by atoms with Crippen LogP contribution in [-0.4, -0.2) is 14.5 Å². The first-order valence-corrected chi connectivity index (χ1v) is 6.42. The molecule has 2 aromatic heterocycles. The molecule has 0 amide bonds. The summed E-state index contributed by atoms with van der Waals surface area (Å²) in [5.41, 5.74) is 1.92. The molecule has 0 radical (unpaired) electrons. The summed E-state index contributed by atoms with van der Waals surface area (Å²) in [7, 11) is 0. The van der Waals surface area contributed by atoms with Crippen LogP contribution in [0.5, 0.6) is 5.75 Å². The lowest BCUT2D eigenvalue weighted by molar-refractivity contribution is 0.469. The van der Waals surface area contributed by atoms with E-state index in [1.165, 1.54) is 0 Å². The number of halogens is 1. The Balaban J connectivity index is 2.03. The molecule has 0 bridgehead atoms. The van der Waals surface area contributed by atoms with Gasteiger partial charge in [0.25, 0.3) is 0 Å². The fraction of sp³-hybridized carbons (Fsp3) is 0.0714. The van der Waals surface area contributed by atoms with Crippen molar-refractivity contribution in [1.82, 2.24) is 9.38 Å². The van der Waals surface area contributed by atoms with Gasteiger partial charge in [-0.05, 0) is 18.2 Å². The van der Waals surface area contributed by atoms with Crippen molar-refractivity contribution in [3.05, 3.63) is 64.7 Å².